The van der Waals surface area contributed by atoms with E-state index in [1.165, 1.54) is 7.11 Å². The predicted molar refractivity (Wildman–Crippen MR) is 72.2 cm³/mol. The molecular formula is C12H17N3O2S. The van der Waals surface area contributed by atoms with Gasteiger partial charge in [-0.1, -0.05) is 6.07 Å². The van der Waals surface area contributed by atoms with Gasteiger partial charge in [0.2, 0.25) is 0 Å². The topological polar surface area (TPSA) is 45.7 Å². The number of carbonyl (C=O) groups is 1. The number of hydrogen-bond acceptors (Lipinski definition) is 5. The highest BCUT2D eigenvalue weighted by Gasteiger charge is 2.22. The molecule has 2 heterocycles. The van der Waals surface area contributed by atoms with E-state index in [2.05, 4.69) is 9.88 Å². The van der Waals surface area contributed by atoms with Gasteiger partial charge in [0.05, 0.1) is 12.1 Å². The Bertz CT molecular complexity index is 420. The molecule has 1 saturated heterocycles. The summed E-state index contributed by atoms with van der Waals surface area (Å²) in [5.74, 6) is 0.978. The van der Waals surface area contributed by atoms with Crippen LogP contribution in [0.4, 0.5) is 10.6 Å². The summed E-state index contributed by atoms with van der Waals surface area (Å²) >= 11 is 1.63. The lowest BCUT2D eigenvalue weighted by Crippen LogP contribution is -2.49. The van der Waals surface area contributed by atoms with Gasteiger partial charge in [0.25, 0.3) is 0 Å². The van der Waals surface area contributed by atoms with Gasteiger partial charge in [-0.05, 0) is 18.4 Å². The predicted octanol–water partition coefficient (Wildman–Crippen LogP) is 1.69. The summed E-state index contributed by atoms with van der Waals surface area (Å²) in [4.78, 5) is 19.8. The summed E-state index contributed by atoms with van der Waals surface area (Å²) in [6.45, 7) is 2.94. The summed E-state index contributed by atoms with van der Waals surface area (Å²) in [7, 11) is 1.41. The number of piperazine rings is 1. The van der Waals surface area contributed by atoms with Crippen molar-refractivity contribution in [2.75, 3.05) is 44.4 Å². The van der Waals surface area contributed by atoms with Crippen molar-refractivity contribution in [3.8, 4) is 0 Å². The summed E-state index contributed by atoms with van der Waals surface area (Å²) in [6.07, 6.45) is 1.77. The van der Waals surface area contributed by atoms with Gasteiger partial charge in [0.15, 0.2) is 0 Å². The van der Waals surface area contributed by atoms with Gasteiger partial charge >= 0.3 is 6.09 Å². The number of thioether (sulfide) groups is 1. The first-order chi connectivity index (χ1) is 8.74. The second-order valence-electron chi connectivity index (χ2n) is 3.98. The summed E-state index contributed by atoms with van der Waals surface area (Å²) in [5.41, 5.74) is 0. The lowest BCUT2D eigenvalue weighted by atomic mass is 10.3. The molecule has 1 aromatic rings. The summed E-state index contributed by atoms with van der Waals surface area (Å²) in [5, 5.41) is 1.02. The average molecular weight is 267 g/mol. The SMILES string of the molecule is COC(=O)N1CCN(c2cccc(SC)n2)CC1. The van der Waals surface area contributed by atoms with Crippen LogP contribution in [-0.4, -0.2) is 55.5 Å². The molecule has 1 aliphatic rings. The minimum absolute atomic E-state index is 0.250. The Hall–Kier alpha value is -1.43. The zero-order valence-electron chi connectivity index (χ0n) is 10.6. The van der Waals surface area contributed by atoms with Crippen LogP contribution in [0.15, 0.2) is 23.2 Å². The number of aromatic nitrogens is 1. The number of carbonyl (C=O) groups excluding carboxylic acids is 1. The number of nitrogens with zero attached hydrogens (tertiary/aromatic N) is 3. The van der Waals surface area contributed by atoms with E-state index in [1.54, 1.807) is 16.7 Å². The second-order valence-corrected chi connectivity index (χ2v) is 4.81. The average Bonchev–Trinajstić information content (AvgIpc) is 2.46. The van der Waals surface area contributed by atoms with Crippen LogP contribution in [0.2, 0.25) is 0 Å². The highest BCUT2D eigenvalue weighted by molar-refractivity contribution is 7.98. The van der Waals surface area contributed by atoms with Gasteiger partial charge in [-0.3, -0.25) is 0 Å². The smallest absolute Gasteiger partial charge is 0.409 e. The molecule has 0 aromatic carbocycles. The first-order valence-corrected chi connectivity index (χ1v) is 7.06. The van der Waals surface area contributed by atoms with E-state index in [1.807, 2.05) is 24.5 Å². The Kier molecular flexibility index (Phi) is 4.30. The molecular weight excluding hydrogens is 250 g/mol. The van der Waals surface area contributed by atoms with Crippen molar-refractivity contribution in [2.45, 2.75) is 5.03 Å². The molecule has 1 amide bonds. The minimum atomic E-state index is -0.250. The van der Waals surface area contributed by atoms with Gasteiger partial charge in [-0.2, -0.15) is 0 Å². The fraction of sp³-hybridized carbons (Fsp3) is 0.500. The number of rotatable bonds is 2. The van der Waals surface area contributed by atoms with Gasteiger partial charge < -0.3 is 14.5 Å². The van der Waals surface area contributed by atoms with E-state index in [-0.39, 0.29) is 6.09 Å². The van der Waals surface area contributed by atoms with Crippen molar-refractivity contribution >= 4 is 23.7 Å². The molecule has 98 valence electrons. The van der Waals surface area contributed by atoms with Crippen molar-refractivity contribution < 1.29 is 9.53 Å². The normalized spacial score (nSPS) is 15.7. The molecule has 0 radical (unpaired) electrons. The van der Waals surface area contributed by atoms with E-state index in [9.17, 15) is 4.79 Å². The van der Waals surface area contributed by atoms with Crippen LogP contribution in [0.1, 0.15) is 0 Å². The Morgan fingerprint density at radius 2 is 2.06 bits per heavy atom. The zero-order chi connectivity index (χ0) is 13.0. The van der Waals surface area contributed by atoms with Crippen LogP contribution < -0.4 is 4.90 Å². The highest BCUT2D eigenvalue weighted by Crippen LogP contribution is 2.18. The van der Waals surface area contributed by atoms with E-state index >= 15 is 0 Å². The van der Waals surface area contributed by atoms with Gasteiger partial charge in [0.1, 0.15) is 5.82 Å². The Morgan fingerprint density at radius 3 is 2.67 bits per heavy atom. The molecule has 0 atom stereocenters. The first-order valence-electron chi connectivity index (χ1n) is 5.83. The standard InChI is InChI=1S/C12H17N3O2S/c1-17-12(16)15-8-6-14(7-9-15)10-4-3-5-11(13-10)18-2/h3-5H,6-9H2,1-2H3. The monoisotopic (exact) mass is 267 g/mol. The van der Waals surface area contributed by atoms with Gasteiger partial charge in [0, 0.05) is 26.2 Å². The second kappa shape index (κ2) is 5.95. The van der Waals surface area contributed by atoms with Gasteiger partial charge in [-0.25, -0.2) is 9.78 Å². The number of anilines is 1. The molecule has 0 unspecified atom stereocenters. The van der Waals surface area contributed by atoms with Crippen molar-refractivity contribution in [2.24, 2.45) is 0 Å². The highest BCUT2D eigenvalue weighted by atomic mass is 32.2. The van der Waals surface area contributed by atoms with Crippen LogP contribution in [0.3, 0.4) is 0 Å². The van der Waals surface area contributed by atoms with E-state index in [0.29, 0.717) is 13.1 Å². The maximum absolute atomic E-state index is 11.4. The van der Waals surface area contributed by atoms with Crippen molar-refractivity contribution in [3.63, 3.8) is 0 Å². The molecule has 18 heavy (non-hydrogen) atoms. The van der Waals surface area contributed by atoms with E-state index in [0.717, 1.165) is 23.9 Å². The van der Waals surface area contributed by atoms with Crippen molar-refractivity contribution in [1.29, 1.82) is 0 Å². The third-order valence-corrected chi connectivity index (χ3v) is 3.60. The fourth-order valence-corrected chi connectivity index (χ4v) is 2.34. The zero-order valence-corrected chi connectivity index (χ0v) is 11.4. The van der Waals surface area contributed by atoms with E-state index < -0.39 is 0 Å². The number of amides is 1. The molecule has 0 bridgehead atoms. The Balaban J connectivity index is 1.98. The van der Waals surface area contributed by atoms with Crippen molar-refractivity contribution in [1.82, 2.24) is 9.88 Å². The third-order valence-electron chi connectivity index (χ3n) is 2.95. The number of ether oxygens (including phenoxy) is 1. The molecule has 6 heteroatoms. The molecule has 0 N–H and O–H groups in total. The molecule has 2 rings (SSSR count). The molecule has 0 spiro atoms. The van der Waals surface area contributed by atoms with E-state index in [4.69, 9.17) is 4.74 Å². The minimum Gasteiger partial charge on any atom is -0.453 e. The maximum Gasteiger partial charge on any atom is 0.409 e. The molecule has 1 fully saturated rings. The summed E-state index contributed by atoms with van der Waals surface area (Å²) in [6, 6.07) is 6.02. The molecule has 0 aliphatic carbocycles. The number of methoxy groups -OCH3 is 1. The number of pyridine rings is 1. The van der Waals surface area contributed by atoms with Gasteiger partial charge in [-0.15, -0.1) is 11.8 Å². The lowest BCUT2D eigenvalue weighted by molar-refractivity contribution is 0.121. The van der Waals surface area contributed by atoms with Crippen LogP contribution >= 0.6 is 11.8 Å². The number of hydrogen-bond donors (Lipinski definition) is 0. The lowest BCUT2D eigenvalue weighted by Gasteiger charge is -2.34. The first kappa shape index (κ1) is 13.0. The van der Waals surface area contributed by atoms with Crippen LogP contribution in [0, 0.1) is 0 Å². The van der Waals surface area contributed by atoms with Crippen LogP contribution in [-0.2, 0) is 4.74 Å². The van der Waals surface area contributed by atoms with Crippen LogP contribution in [0.5, 0.6) is 0 Å². The quantitative estimate of drug-likeness (QED) is 0.763. The molecule has 0 saturated carbocycles. The van der Waals surface area contributed by atoms with Crippen LogP contribution in [0.25, 0.3) is 0 Å². The molecule has 1 aromatic heterocycles. The largest absolute Gasteiger partial charge is 0.453 e. The molecule has 5 nitrogen and oxygen atoms in total. The summed E-state index contributed by atoms with van der Waals surface area (Å²) < 4.78 is 4.72. The fourth-order valence-electron chi connectivity index (χ4n) is 1.94. The maximum atomic E-state index is 11.4. The Morgan fingerprint density at radius 1 is 1.33 bits per heavy atom. The van der Waals surface area contributed by atoms with Crippen molar-refractivity contribution in [3.05, 3.63) is 18.2 Å². The third kappa shape index (κ3) is 2.87. The Labute approximate surface area is 111 Å². The molecule has 1 aliphatic heterocycles.